The van der Waals surface area contributed by atoms with Gasteiger partial charge in [0.05, 0.1) is 29.3 Å². The van der Waals surface area contributed by atoms with Crippen molar-refractivity contribution in [1.29, 1.82) is 0 Å². The number of ether oxygens (including phenoxy) is 1. The van der Waals surface area contributed by atoms with E-state index in [4.69, 9.17) is 21.3 Å². The zero-order chi connectivity index (χ0) is 25.7. The summed E-state index contributed by atoms with van der Waals surface area (Å²) >= 11 is 8.09. The second-order valence-electron chi connectivity index (χ2n) is 9.43. The highest BCUT2D eigenvalue weighted by atomic mass is 35.5. The Bertz CT molecular complexity index is 1230. The Labute approximate surface area is 221 Å². The molecular weight excluding hydrogens is 497 g/mol. The smallest absolute Gasteiger partial charge is 0.224 e. The van der Waals surface area contributed by atoms with Crippen LogP contribution >= 0.6 is 23.4 Å². The molecule has 3 aromatic rings. The lowest BCUT2D eigenvalue weighted by atomic mass is 9.95. The first-order chi connectivity index (χ1) is 17.3. The van der Waals surface area contributed by atoms with Crippen LogP contribution in [0.4, 0.5) is 4.39 Å². The van der Waals surface area contributed by atoms with E-state index in [2.05, 4.69) is 10.2 Å². The topological polar surface area (TPSA) is 54.5 Å². The molecule has 1 fully saturated rings. The number of amides is 1. The molecule has 0 radical (unpaired) electrons. The first kappa shape index (κ1) is 26.7. The van der Waals surface area contributed by atoms with Gasteiger partial charge < -0.3 is 15.0 Å². The van der Waals surface area contributed by atoms with Crippen molar-refractivity contribution in [3.05, 3.63) is 58.4 Å². The Morgan fingerprint density at radius 3 is 2.72 bits per heavy atom. The zero-order valence-corrected chi connectivity index (χ0v) is 22.6. The molecule has 1 amide bonds. The fourth-order valence-corrected chi connectivity index (χ4v) is 5.63. The Kier molecular flexibility index (Phi) is 9.09. The average molecular weight is 530 g/mol. The van der Waals surface area contributed by atoms with Crippen LogP contribution in [0.3, 0.4) is 0 Å². The third-order valence-corrected chi connectivity index (χ3v) is 7.55. The van der Waals surface area contributed by atoms with Gasteiger partial charge in [-0.3, -0.25) is 4.79 Å². The van der Waals surface area contributed by atoms with Crippen LogP contribution in [-0.4, -0.2) is 59.6 Å². The molecule has 4 rings (SSSR count). The molecule has 1 aliphatic heterocycles. The fraction of sp³-hybridized carbons (Fsp3) is 0.429. The standard InChI is InChI=1S/C28H33ClFN3O2S/c1-18(2)31-27(34)17-23-19(3)22-16-21(35-12-4-9-33-10-13-36-14-11-33)6-8-26(22)32-28(23)20-5-7-25(30)24(29)15-20/h5-8,15-16,18H,4,9-14,17H2,1-3H3,(H,31,34). The summed E-state index contributed by atoms with van der Waals surface area (Å²) in [5.41, 5.74) is 3.84. The minimum atomic E-state index is -0.488. The quantitative estimate of drug-likeness (QED) is 0.350. The predicted octanol–water partition coefficient (Wildman–Crippen LogP) is 5.89. The summed E-state index contributed by atoms with van der Waals surface area (Å²) in [6.45, 7) is 9.86. The number of hydrogen-bond donors (Lipinski definition) is 1. The van der Waals surface area contributed by atoms with Crippen LogP contribution in [0.1, 0.15) is 31.4 Å². The first-order valence-electron chi connectivity index (χ1n) is 12.4. The van der Waals surface area contributed by atoms with Crippen LogP contribution in [0.2, 0.25) is 5.02 Å². The van der Waals surface area contributed by atoms with Crippen molar-refractivity contribution in [2.24, 2.45) is 0 Å². The van der Waals surface area contributed by atoms with Gasteiger partial charge in [0.15, 0.2) is 0 Å². The highest BCUT2D eigenvalue weighted by Crippen LogP contribution is 2.33. The lowest BCUT2D eigenvalue weighted by Crippen LogP contribution is -2.33. The summed E-state index contributed by atoms with van der Waals surface area (Å²) in [5, 5.41) is 3.92. The number of pyridine rings is 1. The van der Waals surface area contributed by atoms with Gasteiger partial charge in [-0.15, -0.1) is 0 Å². The van der Waals surface area contributed by atoms with Gasteiger partial charge in [0.1, 0.15) is 11.6 Å². The van der Waals surface area contributed by atoms with Crippen LogP contribution in [0.5, 0.6) is 5.75 Å². The van der Waals surface area contributed by atoms with Crippen LogP contribution in [0.15, 0.2) is 36.4 Å². The van der Waals surface area contributed by atoms with Crippen LogP contribution in [-0.2, 0) is 11.2 Å². The Morgan fingerprint density at radius 1 is 1.22 bits per heavy atom. The molecule has 8 heteroatoms. The van der Waals surface area contributed by atoms with E-state index in [1.807, 2.05) is 50.7 Å². The van der Waals surface area contributed by atoms with Gasteiger partial charge in [-0.25, -0.2) is 9.37 Å². The highest BCUT2D eigenvalue weighted by Gasteiger charge is 2.19. The van der Waals surface area contributed by atoms with Gasteiger partial charge in [-0.2, -0.15) is 11.8 Å². The molecule has 2 heterocycles. The molecule has 0 atom stereocenters. The summed E-state index contributed by atoms with van der Waals surface area (Å²) in [6.07, 6.45) is 1.14. The van der Waals surface area contributed by atoms with E-state index in [0.29, 0.717) is 17.9 Å². The molecule has 0 saturated carbocycles. The molecule has 36 heavy (non-hydrogen) atoms. The van der Waals surface area contributed by atoms with E-state index in [1.165, 1.54) is 17.6 Å². The second kappa shape index (κ2) is 12.3. The van der Waals surface area contributed by atoms with Gasteiger partial charge in [0.2, 0.25) is 5.91 Å². The molecular formula is C28H33ClFN3O2S. The van der Waals surface area contributed by atoms with E-state index in [0.717, 1.165) is 53.8 Å². The van der Waals surface area contributed by atoms with Crippen molar-refractivity contribution in [1.82, 2.24) is 15.2 Å². The lowest BCUT2D eigenvalue weighted by molar-refractivity contribution is -0.120. The number of fused-ring (bicyclic) bond motifs is 1. The summed E-state index contributed by atoms with van der Waals surface area (Å²) in [4.78, 5) is 20.1. The van der Waals surface area contributed by atoms with E-state index in [1.54, 1.807) is 12.1 Å². The zero-order valence-electron chi connectivity index (χ0n) is 21.1. The third kappa shape index (κ3) is 6.69. The molecule has 5 nitrogen and oxygen atoms in total. The maximum atomic E-state index is 13.8. The predicted molar refractivity (Wildman–Crippen MR) is 148 cm³/mol. The second-order valence-corrected chi connectivity index (χ2v) is 11.1. The van der Waals surface area contributed by atoms with Crippen molar-refractivity contribution in [3.8, 4) is 17.0 Å². The molecule has 0 bridgehead atoms. The number of aryl methyl sites for hydroxylation is 1. The van der Waals surface area contributed by atoms with E-state index < -0.39 is 5.82 Å². The van der Waals surface area contributed by atoms with Crippen molar-refractivity contribution in [2.45, 2.75) is 39.7 Å². The lowest BCUT2D eigenvalue weighted by Gasteiger charge is -2.25. The Hall–Kier alpha value is -2.35. The third-order valence-electron chi connectivity index (χ3n) is 6.31. The molecule has 1 aliphatic rings. The molecule has 1 saturated heterocycles. The van der Waals surface area contributed by atoms with Crippen LogP contribution in [0, 0.1) is 12.7 Å². The minimum absolute atomic E-state index is 0.0247. The maximum Gasteiger partial charge on any atom is 0.224 e. The summed E-state index contributed by atoms with van der Waals surface area (Å²) in [7, 11) is 0. The Morgan fingerprint density at radius 2 is 2.00 bits per heavy atom. The molecule has 1 N–H and O–H groups in total. The SMILES string of the molecule is Cc1c(CC(=O)NC(C)C)c(-c2ccc(F)c(Cl)c2)nc2ccc(OCCCN3CCSCC3)cc12. The van der Waals surface area contributed by atoms with Crippen molar-refractivity contribution < 1.29 is 13.9 Å². The monoisotopic (exact) mass is 529 g/mol. The summed E-state index contributed by atoms with van der Waals surface area (Å²) < 4.78 is 19.9. The number of aromatic nitrogens is 1. The number of benzene rings is 2. The first-order valence-corrected chi connectivity index (χ1v) is 14.0. The van der Waals surface area contributed by atoms with Crippen LogP contribution in [0.25, 0.3) is 22.2 Å². The molecule has 0 aliphatic carbocycles. The van der Waals surface area contributed by atoms with Gasteiger partial charge in [-0.1, -0.05) is 11.6 Å². The number of carbonyl (C=O) groups excluding carboxylic acids is 1. The van der Waals surface area contributed by atoms with E-state index in [9.17, 15) is 9.18 Å². The van der Waals surface area contributed by atoms with Crippen molar-refractivity contribution >= 4 is 40.2 Å². The van der Waals surface area contributed by atoms with E-state index in [-0.39, 0.29) is 23.4 Å². The molecule has 1 aromatic heterocycles. The highest BCUT2D eigenvalue weighted by molar-refractivity contribution is 7.99. The normalized spacial score (nSPS) is 14.4. The average Bonchev–Trinajstić information content (AvgIpc) is 2.85. The molecule has 2 aromatic carbocycles. The number of rotatable bonds is 9. The minimum Gasteiger partial charge on any atom is -0.494 e. The summed E-state index contributed by atoms with van der Waals surface area (Å²) in [6, 6.07) is 10.4. The maximum absolute atomic E-state index is 13.8. The Balaban J connectivity index is 1.61. The number of carbonyl (C=O) groups is 1. The van der Waals surface area contributed by atoms with Crippen molar-refractivity contribution in [3.63, 3.8) is 0 Å². The number of nitrogens with one attached hydrogen (secondary N) is 1. The van der Waals surface area contributed by atoms with Crippen molar-refractivity contribution in [2.75, 3.05) is 37.7 Å². The fourth-order valence-electron chi connectivity index (χ4n) is 4.47. The van der Waals surface area contributed by atoms with E-state index >= 15 is 0 Å². The number of halogens is 2. The van der Waals surface area contributed by atoms with Gasteiger partial charge >= 0.3 is 0 Å². The largest absolute Gasteiger partial charge is 0.494 e. The number of nitrogens with zero attached hydrogens (tertiary/aromatic N) is 2. The van der Waals surface area contributed by atoms with Gasteiger partial charge in [0, 0.05) is 48.1 Å². The van der Waals surface area contributed by atoms with Gasteiger partial charge in [0.25, 0.3) is 0 Å². The summed E-state index contributed by atoms with van der Waals surface area (Å²) in [5.74, 6) is 2.63. The molecule has 192 valence electrons. The van der Waals surface area contributed by atoms with Gasteiger partial charge in [-0.05, 0) is 74.7 Å². The number of hydrogen-bond acceptors (Lipinski definition) is 5. The number of thioether (sulfide) groups is 1. The molecule has 0 unspecified atom stereocenters. The molecule has 0 spiro atoms. The van der Waals surface area contributed by atoms with Crippen LogP contribution < -0.4 is 10.1 Å².